The lowest BCUT2D eigenvalue weighted by Gasteiger charge is -2.28. The van der Waals surface area contributed by atoms with Gasteiger partial charge in [0.15, 0.2) is 0 Å². The molecule has 4 nitrogen and oxygen atoms in total. The number of pyridine rings is 1. The highest BCUT2D eigenvalue weighted by Crippen LogP contribution is 2.29. The molecule has 0 unspecified atom stereocenters. The summed E-state index contributed by atoms with van der Waals surface area (Å²) < 4.78 is 5.63. The van der Waals surface area contributed by atoms with E-state index >= 15 is 0 Å². The number of hydrogen-bond acceptors (Lipinski definition) is 4. The number of nitrogen functional groups attached to an aromatic ring is 1. The third-order valence-electron chi connectivity index (χ3n) is 4.01. The first-order valence-corrected chi connectivity index (χ1v) is 7.78. The van der Waals surface area contributed by atoms with Crippen molar-refractivity contribution in [1.82, 2.24) is 4.98 Å². The molecule has 0 amide bonds. The molecule has 0 radical (unpaired) electrons. The summed E-state index contributed by atoms with van der Waals surface area (Å²) in [7, 11) is 0. The summed E-state index contributed by atoms with van der Waals surface area (Å²) in [5.74, 6) is 2.31. The van der Waals surface area contributed by atoms with Gasteiger partial charge in [-0.05, 0) is 57.6 Å². The standard InChI is InChI=1S/C16H27N3O/c1-4-12-5-7-13(8-6-12)18-15-10-9-14(17)16(19-15)20-11(2)3/h9-13H,4-8,17H2,1-3H3,(H,18,19). The van der Waals surface area contributed by atoms with E-state index in [0.29, 0.717) is 17.6 Å². The van der Waals surface area contributed by atoms with E-state index < -0.39 is 0 Å². The third kappa shape index (κ3) is 4.02. The largest absolute Gasteiger partial charge is 0.473 e. The molecule has 1 aromatic rings. The fourth-order valence-corrected chi connectivity index (χ4v) is 2.77. The number of nitrogens with one attached hydrogen (secondary N) is 1. The van der Waals surface area contributed by atoms with Gasteiger partial charge in [-0.2, -0.15) is 4.98 Å². The van der Waals surface area contributed by atoms with Crippen LogP contribution in [0.2, 0.25) is 0 Å². The first kappa shape index (κ1) is 14.9. The molecule has 4 heteroatoms. The molecule has 20 heavy (non-hydrogen) atoms. The first-order valence-electron chi connectivity index (χ1n) is 7.78. The summed E-state index contributed by atoms with van der Waals surface area (Å²) >= 11 is 0. The van der Waals surface area contributed by atoms with Crippen LogP contribution in [0.5, 0.6) is 5.88 Å². The minimum absolute atomic E-state index is 0.0834. The summed E-state index contributed by atoms with van der Waals surface area (Å²) in [6.45, 7) is 6.25. The SMILES string of the molecule is CCC1CCC(Nc2ccc(N)c(OC(C)C)n2)CC1. The maximum atomic E-state index is 5.89. The van der Waals surface area contributed by atoms with Crippen LogP contribution in [-0.2, 0) is 0 Å². The molecule has 1 aliphatic rings. The van der Waals surface area contributed by atoms with Crippen LogP contribution >= 0.6 is 0 Å². The Morgan fingerprint density at radius 1 is 1.30 bits per heavy atom. The predicted octanol–water partition coefficient (Wildman–Crippen LogP) is 3.83. The zero-order valence-electron chi connectivity index (χ0n) is 12.9. The number of aromatic nitrogens is 1. The Bertz CT molecular complexity index is 426. The number of anilines is 2. The minimum atomic E-state index is 0.0834. The highest BCUT2D eigenvalue weighted by Gasteiger charge is 2.20. The van der Waals surface area contributed by atoms with Crippen molar-refractivity contribution in [3.63, 3.8) is 0 Å². The second kappa shape index (κ2) is 6.82. The van der Waals surface area contributed by atoms with Crippen molar-refractivity contribution >= 4 is 11.5 Å². The van der Waals surface area contributed by atoms with E-state index in [4.69, 9.17) is 10.5 Å². The van der Waals surface area contributed by atoms with Gasteiger partial charge in [0.1, 0.15) is 5.82 Å². The smallest absolute Gasteiger partial charge is 0.239 e. The second-order valence-corrected chi connectivity index (χ2v) is 6.03. The van der Waals surface area contributed by atoms with E-state index in [1.54, 1.807) is 0 Å². The fraction of sp³-hybridized carbons (Fsp3) is 0.688. The maximum Gasteiger partial charge on any atom is 0.239 e. The van der Waals surface area contributed by atoms with Crippen LogP contribution in [-0.4, -0.2) is 17.1 Å². The fourth-order valence-electron chi connectivity index (χ4n) is 2.77. The monoisotopic (exact) mass is 277 g/mol. The van der Waals surface area contributed by atoms with E-state index in [9.17, 15) is 0 Å². The molecule has 0 atom stereocenters. The van der Waals surface area contributed by atoms with Gasteiger partial charge in [0.25, 0.3) is 0 Å². The average molecular weight is 277 g/mol. The predicted molar refractivity (Wildman–Crippen MR) is 84.1 cm³/mol. The molecule has 0 bridgehead atoms. The Hall–Kier alpha value is -1.45. The molecule has 112 valence electrons. The summed E-state index contributed by atoms with van der Waals surface area (Å²) in [5.41, 5.74) is 6.49. The lowest BCUT2D eigenvalue weighted by atomic mass is 9.84. The molecule has 1 fully saturated rings. The highest BCUT2D eigenvalue weighted by atomic mass is 16.5. The van der Waals surface area contributed by atoms with Crippen LogP contribution in [0.3, 0.4) is 0 Å². The van der Waals surface area contributed by atoms with Crippen LogP contribution in [0.4, 0.5) is 11.5 Å². The maximum absolute atomic E-state index is 5.89. The van der Waals surface area contributed by atoms with Gasteiger partial charge in [0.2, 0.25) is 5.88 Å². The highest BCUT2D eigenvalue weighted by molar-refractivity contribution is 5.53. The van der Waals surface area contributed by atoms with E-state index in [2.05, 4.69) is 17.2 Å². The van der Waals surface area contributed by atoms with E-state index in [1.165, 1.54) is 32.1 Å². The molecule has 0 spiro atoms. The molecule has 1 heterocycles. The van der Waals surface area contributed by atoms with Crippen LogP contribution < -0.4 is 15.8 Å². The number of ether oxygens (including phenoxy) is 1. The Morgan fingerprint density at radius 2 is 2.00 bits per heavy atom. The molecule has 3 N–H and O–H groups in total. The van der Waals surface area contributed by atoms with Crippen molar-refractivity contribution in [2.24, 2.45) is 5.92 Å². The Kier molecular flexibility index (Phi) is 5.10. The first-order chi connectivity index (χ1) is 9.58. The Balaban J connectivity index is 1.96. The van der Waals surface area contributed by atoms with E-state index in [1.807, 2.05) is 26.0 Å². The summed E-state index contributed by atoms with van der Waals surface area (Å²) in [4.78, 5) is 4.49. The van der Waals surface area contributed by atoms with Crippen LogP contribution in [0.1, 0.15) is 52.9 Å². The number of nitrogens with two attached hydrogens (primary N) is 1. The van der Waals surface area contributed by atoms with Crippen molar-refractivity contribution in [2.75, 3.05) is 11.1 Å². The Labute approximate surface area is 122 Å². The lowest BCUT2D eigenvalue weighted by Crippen LogP contribution is -2.26. The van der Waals surface area contributed by atoms with Crippen molar-refractivity contribution in [2.45, 2.75) is 65.0 Å². The molecular formula is C16H27N3O. The average Bonchev–Trinajstić information content (AvgIpc) is 2.43. The molecule has 0 aromatic carbocycles. The van der Waals surface area contributed by atoms with E-state index in [0.717, 1.165) is 11.7 Å². The number of rotatable bonds is 5. The number of hydrogen-bond donors (Lipinski definition) is 2. The van der Waals surface area contributed by atoms with Gasteiger partial charge in [-0.3, -0.25) is 0 Å². The molecule has 1 aliphatic carbocycles. The zero-order chi connectivity index (χ0) is 14.5. The van der Waals surface area contributed by atoms with Crippen LogP contribution in [0.15, 0.2) is 12.1 Å². The molecular weight excluding hydrogens is 250 g/mol. The van der Waals surface area contributed by atoms with Gasteiger partial charge in [-0.1, -0.05) is 13.3 Å². The Morgan fingerprint density at radius 3 is 2.60 bits per heavy atom. The van der Waals surface area contributed by atoms with Gasteiger partial charge in [-0.25, -0.2) is 0 Å². The van der Waals surface area contributed by atoms with E-state index in [-0.39, 0.29) is 6.10 Å². The van der Waals surface area contributed by atoms with Crippen molar-refractivity contribution < 1.29 is 4.74 Å². The van der Waals surface area contributed by atoms with Crippen molar-refractivity contribution in [3.05, 3.63) is 12.1 Å². The van der Waals surface area contributed by atoms with Gasteiger partial charge in [0.05, 0.1) is 11.8 Å². The van der Waals surface area contributed by atoms with Crippen molar-refractivity contribution in [3.8, 4) is 5.88 Å². The molecule has 0 saturated heterocycles. The lowest BCUT2D eigenvalue weighted by molar-refractivity contribution is 0.234. The topological polar surface area (TPSA) is 60.2 Å². The molecule has 1 saturated carbocycles. The summed E-state index contributed by atoms with van der Waals surface area (Å²) in [5, 5.41) is 3.52. The minimum Gasteiger partial charge on any atom is -0.473 e. The van der Waals surface area contributed by atoms with Gasteiger partial charge >= 0.3 is 0 Å². The van der Waals surface area contributed by atoms with Crippen LogP contribution in [0, 0.1) is 5.92 Å². The normalized spacial score (nSPS) is 22.8. The summed E-state index contributed by atoms with van der Waals surface area (Å²) in [6, 6.07) is 4.33. The quantitative estimate of drug-likeness (QED) is 0.858. The molecule has 2 rings (SSSR count). The third-order valence-corrected chi connectivity index (χ3v) is 4.01. The molecule has 0 aliphatic heterocycles. The summed E-state index contributed by atoms with van der Waals surface area (Å²) in [6.07, 6.45) is 6.48. The van der Waals surface area contributed by atoms with Gasteiger partial charge in [0, 0.05) is 6.04 Å². The van der Waals surface area contributed by atoms with Crippen LogP contribution in [0.25, 0.3) is 0 Å². The van der Waals surface area contributed by atoms with Gasteiger partial charge < -0.3 is 15.8 Å². The van der Waals surface area contributed by atoms with Crippen molar-refractivity contribution in [1.29, 1.82) is 0 Å². The molecule has 1 aromatic heterocycles. The van der Waals surface area contributed by atoms with Gasteiger partial charge in [-0.15, -0.1) is 0 Å². The second-order valence-electron chi connectivity index (χ2n) is 6.03. The zero-order valence-corrected chi connectivity index (χ0v) is 12.9. The number of nitrogens with zero attached hydrogens (tertiary/aromatic N) is 1.